The first-order valence-electron chi connectivity index (χ1n) is 9.77. The lowest BCUT2D eigenvalue weighted by Gasteiger charge is -2.48. The van der Waals surface area contributed by atoms with Crippen LogP contribution in [0.25, 0.3) is 0 Å². The molecule has 1 saturated heterocycles. The topological polar surface area (TPSA) is 213 Å². The molecular weight excluding hydrogens is 476 g/mol. The monoisotopic (exact) mass is 498 g/mol. The molecule has 0 aromatic rings. The molecule has 0 unspecified atom stereocenters. The molecule has 34 heavy (non-hydrogen) atoms. The highest BCUT2D eigenvalue weighted by molar-refractivity contribution is 7.78. The zero-order chi connectivity index (χ0) is 26.0. The minimum Gasteiger partial charge on any atom is -0.508 e. The summed E-state index contributed by atoms with van der Waals surface area (Å²) in [7, 11) is 0. The minimum atomic E-state index is -2.80. The minimum absolute atomic E-state index is 0.248. The van der Waals surface area contributed by atoms with E-state index in [1.54, 1.807) is 0 Å². The number of rotatable bonds is 6. The number of esters is 2. The van der Waals surface area contributed by atoms with Crippen LogP contribution in [0.15, 0.2) is 28.1 Å². The predicted molar refractivity (Wildman–Crippen MR) is 114 cm³/mol. The Morgan fingerprint density at radius 3 is 2.44 bits per heavy atom. The van der Waals surface area contributed by atoms with Crippen LogP contribution in [0.5, 0.6) is 0 Å². The van der Waals surface area contributed by atoms with E-state index in [9.17, 15) is 39.6 Å². The Hall–Kier alpha value is -3.29. The Balaban J connectivity index is 2.52. The second-order valence-corrected chi connectivity index (χ2v) is 7.68. The van der Waals surface area contributed by atoms with Crippen molar-refractivity contribution >= 4 is 46.8 Å². The molecule has 5 N–H and O–H groups in total. The zero-order valence-electron chi connectivity index (χ0n) is 18.2. The normalized spacial score (nSPS) is 32.0. The number of nitrogens with zero attached hydrogens (tertiary/aromatic N) is 1. The number of aliphatic hydroxyl groups is 3. The molecule has 14 heteroatoms. The second kappa shape index (κ2) is 10.3. The van der Waals surface area contributed by atoms with Gasteiger partial charge in [-0.1, -0.05) is 6.08 Å². The van der Waals surface area contributed by atoms with E-state index in [1.165, 1.54) is 19.9 Å². The number of carbonyl (C=O) groups is 4. The van der Waals surface area contributed by atoms with Crippen LogP contribution in [0.3, 0.4) is 0 Å². The number of hydrogen-bond acceptors (Lipinski definition) is 13. The molecule has 1 heterocycles. The highest BCUT2D eigenvalue weighted by Crippen LogP contribution is 2.40. The first kappa shape index (κ1) is 27.0. The Bertz CT molecular complexity index is 1050. The third kappa shape index (κ3) is 4.95. The van der Waals surface area contributed by atoms with Crippen molar-refractivity contribution in [3.05, 3.63) is 23.1 Å². The van der Waals surface area contributed by atoms with Gasteiger partial charge >= 0.3 is 17.9 Å². The highest BCUT2D eigenvalue weighted by atomic mass is 32.1. The molecule has 2 rings (SSSR count). The van der Waals surface area contributed by atoms with Crippen molar-refractivity contribution < 1.29 is 53.8 Å². The number of Topliss-reactive ketones (excluding diaryl/α,β-unsaturated/α-hetero) is 1. The van der Waals surface area contributed by atoms with Crippen molar-refractivity contribution in [3.8, 4) is 0 Å². The molecule has 6 atom stereocenters. The maximum atomic E-state index is 12.4. The summed E-state index contributed by atoms with van der Waals surface area (Å²) < 4.78 is 15.9. The van der Waals surface area contributed by atoms with Gasteiger partial charge in [0.25, 0.3) is 0 Å². The van der Waals surface area contributed by atoms with Gasteiger partial charge in [-0.2, -0.15) is 4.99 Å². The SMILES string of the molecule is C/C=C(\N=C=S)C(=O)O[C@H]1[C@@H](OC(C)=O)[C@@H](O)[C@H]([C@@]2(O)CC(=O)C(=N)C(C(=O)O)=C2O)O[C@@H]1C. The number of nitrogens with one attached hydrogen (secondary N) is 1. The Kier molecular flexibility index (Phi) is 8.18. The van der Waals surface area contributed by atoms with Gasteiger partial charge in [-0.3, -0.25) is 15.0 Å². The van der Waals surface area contributed by atoms with E-state index in [0.29, 0.717) is 0 Å². The zero-order valence-corrected chi connectivity index (χ0v) is 19.0. The smallest absolute Gasteiger partial charge is 0.357 e. The van der Waals surface area contributed by atoms with Gasteiger partial charge in [0.05, 0.1) is 17.7 Å². The third-order valence-corrected chi connectivity index (χ3v) is 5.37. The van der Waals surface area contributed by atoms with E-state index in [1.807, 2.05) is 5.16 Å². The van der Waals surface area contributed by atoms with Crippen LogP contribution < -0.4 is 0 Å². The maximum Gasteiger partial charge on any atom is 0.357 e. The maximum absolute atomic E-state index is 12.4. The number of aliphatic hydroxyl groups excluding tert-OH is 2. The Morgan fingerprint density at radius 2 is 1.94 bits per heavy atom. The number of carboxylic acids is 1. The summed E-state index contributed by atoms with van der Waals surface area (Å²) in [5, 5.41) is 51.4. The number of hydrogen-bond donors (Lipinski definition) is 5. The van der Waals surface area contributed by atoms with Crippen molar-refractivity contribution in [2.75, 3.05) is 0 Å². The lowest BCUT2D eigenvalue weighted by Crippen LogP contribution is -2.67. The number of isothiocyanates is 1. The fourth-order valence-electron chi connectivity index (χ4n) is 3.71. The molecule has 184 valence electrons. The quantitative estimate of drug-likeness (QED) is 0.137. The molecule has 0 saturated carbocycles. The molecule has 2 aliphatic rings. The summed E-state index contributed by atoms with van der Waals surface area (Å²) in [4.78, 5) is 51.4. The standard InChI is InChI=1S/C20H22N2O11S/c1-4-9(22-6-34)19(29)33-14-7(2)31-17(13(25)15(14)32-8(3)23)20(30)5-10(24)12(21)11(16(20)26)18(27)28/h4,7,13-15,17,21,25-26,30H,5H2,1-3H3,(H,27,28)/b9-4-,21-12?/t7-,13-,14-,15+,17-,20-/m1/s1. The van der Waals surface area contributed by atoms with Crippen LogP contribution in [0.1, 0.15) is 27.2 Å². The molecule has 0 aromatic carbocycles. The van der Waals surface area contributed by atoms with E-state index in [0.717, 1.165) is 6.92 Å². The van der Waals surface area contributed by atoms with Crippen molar-refractivity contribution in [3.63, 3.8) is 0 Å². The van der Waals surface area contributed by atoms with Gasteiger partial charge in [0, 0.05) is 6.92 Å². The van der Waals surface area contributed by atoms with Crippen LogP contribution >= 0.6 is 12.2 Å². The van der Waals surface area contributed by atoms with E-state index in [-0.39, 0.29) is 5.70 Å². The average molecular weight is 498 g/mol. The average Bonchev–Trinajstić information content (AvgIpc) is 2.74. The number of aliphatic imine (C=N–C) groups is 1. The summed E-state index contributed by atoms with van der Waals surface area (Å²) in [6.07, 6.45) is -8.05. The summed E-state index contributed by atoms with van der Waals surface area (Å²) in [6, 6.07) is 0. The van der Waals surface area contributed by atoms with Gasteiger partial charge in [0.1, 0.15) is 29.3 Å². The Morgan fingerprint density at radius 1 is 1.32 bits per heavy atom. The van der Waals surface area contributed by atoms with Crippen LogP contribution in [-0.2, 0) is 33.4 Å². The van der Waals surface area contributed by atoms with E-state index in [4.69, 9.17) is 19.6 Å². The van der Waals surface area contributed by atoms with Gasteiger partial charge in [-0.15, -0.1) is 0 Å². The summed E-state index contributed by atoms with van der Waals surface area (Å²) >= 11 is 4.46. The fourth-order valence-corrected chi connectivity index (χ4v) is 3.80. The van der Waals surface area contributed by atoms with Crippen molar-refractivity contribution in [2.45, 2.75) is 63.3 Å². The number of carbonyl (C=O) groups excluding carboxylic acids is 3. The number of ether oxygens (including phenoxy) is 3. The molecule has 0 amide bonds. The largest absolute Gasteiger partial charge is 0.508 e. The van der Waals surface area contributed by atoms with Gasteiger partial charge in [-0.25, -0.2) is 9.59 Å². The van der Waals surface area contributed by atoms with E-state index in [2.05, 4.69) is 17.2 Å². The van der Waals surface area contributed by atoms with E-state index >= 15 is 0 Å². The fraction of sp³-hybridized carbons (Fsp3) is 0.500. The van der Waals surface area contributed by atoms with Crippen LogP contribution in [0.4, 0.5) is 0 Å². The lowest BCUT2D eigenvalue weighted by molar-refractivity contribution is -0.267. The van der Waals surface area contributed by atoms with Crippen LogP contribution in [0, 0.1) is 5.41 Å². The van der Waals surface area contributed by atoms with Gasteiger partial charge in [-0.05, 0) is 26.1 Å². The molecule has 1 aliphatic heterocycles. The molecule has 1 aliphatic carbocycles. The molecule has 0 aromatic heterocycles. The molecule has 0 spiro atoms. The summed E-state index contributed by atoms with van der Waals surface area (Å²) in [5.74, 6) is -6.24. The molecule has 1 fully saturated rings. The molecule has 0 radical (unpaired) electrons. The number of carboxylic acid groups (broad SMARTS) is 1. The van der Waals surface area contributed by atoms with Crippen LogP contribution in [0.2, 0.25) is 0 Å². The first-order chi connectivity index (χ1) is 15.8. The highest BCUT2D eigenvalue weighted by Gasteiger charge is 2.60. The first-order valence-corrected chi connectivity index (χ1v) is 10.2. The Labute approximate surface area is 197 Å². The van der Waals surface area contributed by atoms with Crippen molar-refractivity contribution in [2.24, 2.45) is 4.99 Å². The van der Waals surface area contributed by atoms with Gasteiger partial charge in [0.15, 0.2) is 29.3 Å². The van der Waals surface area contributed by atoms with Crippen molar-refractivity contribution in [1.82, 2.24) is 0 Å². The molecule has 0 bridgehead atoms. The molecule has 13 nitrogen and oxygen atoms in total. The number of allylic oxidation sites excluding steroid dienone is 1. The van der Waals surface area contributed by atoms with Crippen LogP contribution in [-0.4, -0.2) is 91.1 Å². The number of ketones is 1. The number of thiocarbonyl (C=S) groups is 1. The number of aliphatic carboxylic acids is 1. The van der Waals surface area contributed by atoms with Gasteiger partial charge < -0.3 is 34.6 Å². The summed E-state index contributed by atoms with van der Waals surface area (Å²) in [6.45, 7) is 3.78. The van der Waals surface area contributed by atoms with E-state index < -0.39 is 83.3 Å². The van der Waals surface area contributed by atoms with Gasteiger partial charge in [0.2, 0.25) is 0 Å². The van der Waals surface area contributed by atoms with Crippen molar-refractivity contribution in [1.29, 1.82) is 5.41 Å². The predicted octanol–water partition coefficient (Wildman–Crippen LogP) is -0.395. The third-order valence-electron chi connectivity index (χ3n) is 5.28. The second-order valence-electron chi connectivity index (χ2n) is 7.50. The summed E-state index contributed by atoms with van der Waals surface area (Å²) in [5.41, 5.74) is -5.26. The molecular formula is C20H22N2O11S. The lowest BCUT2D eigenvalue weighted by atomic mass is 9.75.